The van der Waals surface area contributed by atoms with Crippen LogP contribution in [0.4, 0.5) is 4.39 Å². The lowest BCUT2D eigenvalue weighted by molar-refractivity contribution is -0.138. The number of rotatable bonds is 8. The van der Waals surface area contributed by atoms with Gasteiger partial charge in [0.05, 0.1) is 5.92 Å². The molecule has 1 aromatic heterocycles. The van der Waals surface area contributed by atoms with Crippen molar-refractivity contribution >= 4 is 11.8 Å². The number of aromatic nitrogens is 2. The van der Waals surface area contributed by atoms with Crippen LogP contribution >= 0.6 is 0 Å². The third-order valence-corrected chi connectivity index (χ3v) is 5.13. The van der Waals surface area contributed by atoms with Crippen molar-refractivity contribution in [2.24, 2.45) is 5.92 Å². The van der Waals surface area contributed by atoms with Crippen LogP contribution in [0.3, 0.4) is 0 Å². The number of nitrogens with one attached hydrogen (secondary N) is 1. The Morgan fingerprint density at radius 1 is 1.39 bits per heavy atom. The number of likely N-dealkylation sites (tertiary alicyclic amines) is 1. The normalized spacial score (nSPS) is 17.0. The van der Waals surface area contributed by atoms with Gasteiger partial charge in [-0.1, -0.05) is 19.1 Å². The highest BCUT2D eigenvalue weighted by molar-refractivity contribution is 5.83. The van der Waals surface area contributed by atoms with Crippen LogP contribution in [-0.4, -0.2) is 39.4 Å². The molecule has 6 nitrogen and oxygen atoms in total. The fourth-order valence-corrected chi connectivity index (χ4v) is 3.60. The zero-order valence-electron chi connectivity index (χ0n) is 16.2. The maximum Gasteiger partial charge on any atom is 0.224 e. The average molecular weight is 386 g/mol. The van der Waals surface area contributed by atoms with Crippen LogP contribution in [0.2, 0.25) is 0 Å². The first kappa shape index (κ1) is 20.0. The molecule has 3 rings (SSSR count). The van der Waals surface area contributed by atoms with E-state index in [1.165, 1.54) is 12.1 Å². The second kappa shape index (κ2) is 9.48. The molecular weight excluding hydrogens is 359 g/mol. The van der Waals surface area contributed by atoms with E-state index < -0.39 is 0 Å². The van der Waals surface area contributed by atoms with Gasteiger partial charge in [0.25, 0.3) is 0 Å². The molecule has 1 saturated heterocycles. The standard InChI is InChI=1S/C21H27FN4O2/c1-2-19-23-10-12-25(19)11-4-9-24-21(28)17-7-8-20(27)26(15-17)14-16-5-3-6-18(22)13-16/h3,5-6,10,12-13,17H,2,4,7-9,11,14-15H2,1H3,(H,24,28)/t17-/m1/s1. The number of hydrogen-bond acceptors (Lipinski definition) is 3. The molecule has 0 aliphatic carbocycles. The van der Waals surface area contributed by atoms with Crippen LogP contribution < -0.4 is 5.32 Å². The van der Waals surface area contributed by atoms with E-state index in [0.29, 0.717) is 32.5 Å². The predicted molar refractivity (Wildman–Crippen MR) is 104 cm³/mol. The van der Waals surface area contributed by atoms with Crippen molar-refractivity contribution in [3.63, 3.8) is 0 Å². The molecule has 2 heterocycles. The highest BCUT2D eigenvalue weighted by Crippen LogP contribution is 2.20. The smallest absolute Gasteiger partial charge is 0.224 e. The van der Waals surface area contributed by atoms with Crippen LogP contribution in [0.5, 0.6) is 0 Å². The number of piperidine rings is 1. The van der Waals surface area contributed by atoms with Crippen molar-refractivity contribution in [3.8, 4) is 0 Å². The Morgan fingerprint density at radius 3 is 3.04 bits per heavy atom. The number of halogens is 1. The SMILES string of the molecule is CCc1nccn1CCCNC(=O)[C@@H]1CCC(=O)N(Cc2cccc(F)c2)C1. The van der Waals surface area contributed by atoms with Gasteiger partial charge in [-0.25, -0.2) is 9.37 Å². The molecule has 0 radical (unpaired) electrons. The van der Waals surface area contributed by atoms with Gasteiger partial charge in [-0.05, 0) is 30.5 Å². The Hall–Kier alpha value is -2.70. The minimum atomic E-state index is -0.319. The second-order valence-corrected chi connectivity index (χ2v) is 7.17. The van der Waals surface area contributed by atoms with E-state index in [-0.39, 0.29) is 23.5 Å². The van der Waals surface area contributed by atoms with E-state index >= 15 is 0 Å². The van der Waals surface area contributed by atoms with E-state index in [9.17, 15) is 14.0 Å². The van der Waals surface area contributed by atoms with Crippen LogP contribution in [0.1, 0.15) is 37.6 Å². The van der Waals surface area contributed by atoms with Crippen molar-refractivity contribution in [1.29, 1.82) is 0 Å². The molecular formula is C21H27FN4O2. The maximum absolute atomic E-state index is 13.4. The fourth-order valence-electron chi connectivity index (χ4n) is 3.60. The Bertz CT molecular complexity index is 820. The molecule has 150 valence electrons. The van der Waals surface area contributed by atoms with Crippen molar-refractivity contribution in [2.45, 2.75) is 45.7 Å². The first-order valence-electron chi connectivity index (χ1n) is 9.86. The molecule has 7 heteroatoms. The summed E-state index contributed by atoms with van der Waals surface area (Å²) in [6.07, 6.45) is 6.37. The summed E-state index contributed by atoms with van der Waals surface area (Å²) < 4.78 is 15.5. The Labute approximate surface area is 164 Å². The van der Waals surface area contributed by atoms with E-state index in [0.717, 1.165) is 30.8 Å². The molecule has 2 amide bonds. The lowest BCUT2D eigenvalue weighted by Gasteiger charge is -2.32. The van der Waals surface area contributed by atoms with Gasteiger partial charge in [-0.3, -0.25) is 9.59 Å². The number of nitrogens with zero attached hydrogens (tertiary/aromatic N) is 3. The first-order valence-corrected chi connectivity index (χ1v) is 9.86. The number of aryl methyl sites for hydroxylation is 2. The molecule has 0 saturated carbocycles. The summed E-state index contributed by atoms with van der Waals surface area (Å²) in [5.41, 5.74) is 0.737. The fraction of sp³-hybridized carbons (Fsp3) is 0.476. The van der Waals surface area contributed by atoms with Gasteiger partial charge in [0, 0.05) is 51.4 Å². The number of carbonyl (C=O) groups excluding carboxylic acids is 2. The molecule has 2 aromatic rings. The Kier molecular flexibility index (Phi) is 6.79. The minimum Gasteiger partial charge on any atom is -0.356 e. The maximum atomic E-state index is 13.4. The summed E-state index contributed by atoms with van der Waals surface area (Å²) in [4.78, 5) is 30.7. The molecule has 1 fully saturated rings. The molecule has 1 aliphatic rings. The molecule has 28 heavy (non-hydrogen) atoms. The third-order valence-electron chi connectivity index (χ3n) is 5.13. The topological polar surface area (TPSA) is 67.2 Å². The first-order chi connectivity index (χ1) is 13.6. The van der Waals surface area contributed by atoms with Crippen molar-refractivity contribution in [1.82, 2.24) is 19.8 Å². The Balaban J connectivity index is 1.46. The lowest BCUT2D eigenvalue weighted by atomic mass is 9.96. The van der Waals surface area contributed by atoms with Crippen molar-refractivity contribution in [2.75, 3.05) is 13.1 Å². The molecule has 1 N–H and O–H groups in total. The monoisotopic (exact) mass is 386 g/mol. The molecule has 0 bridgehead atoms. The number of imidazole rings is 1. The molecule has 0 spiro atoms. The molecule has 1 atom stereocenters. The van der Waals surface area contributed by atoms with Crippen molar-refractivity contribution in [3.05, 3.63) is 53.9 Å². The quantitative estimate of drug-likeness (QED) is 0.709. The number of benzene rings is 1. The van der Waals surface area contributed by atoms with Gasteiger partial charge in [0.2, 0.25) is 11.8 Å². The summed E-state index contributed by atoms with van der Waals surface area (Å²) in [5.74, 6) is 0.509. The molecule has 0 unspecified atom stereocenters. The summed E-state index contributed by atoms with van der Waals surface area (Å²) in [6, 6.07) is 6.23. The largest absolute Gasteiger partial charge is 0.356 e. The van der Waals surface area contributed by atoms with Crippen LogP contribution in [0.25, 0.3) is 0 Å². The summed E-state index contributed by atoms with van der Waals surface area (Å²) >= 11 is 0. The van der Waals surface area contributed by atoms with E-state index in [1.54, 1.807) is 23.2 Å². The zero-order valence-corrected chi connectivity index (χ0v) is 16.2. The van der Waals surface area contributed by atoms with E-state index in [4.69, 9.17) is 0 Å². The highest BCUT2D eigenvalue weighted by atomic mass is 19.1. The summed E-state index contributed by atoms with van der Waals surface area (Å²) in [6.45, 7) is 4.19. The van der Waals surface area contributed by atoms with Crippen LogP contribution in [0, 0.1) is 11.7 Å². The molecule has 1 aliphatic heterocycles. The van der Waals surface area contributed by atoms with Gasteiger partial charge < -0.3 is 14.8 Å². The minimum absolute atomic E-state index is 0.0144. The third kappa shape index (κ3) is 5.18. The van der Waals surface area contributed by atoms with Gasteiger partial charge in [0.1, 0.15) is 11.6 Å². The summed E-state index contributed by atoms with van der Waals surface area (Å²) in [7, 11) is 0. The van der Waals surface area contributed by atoms with E-state index in [1.807, 2.05) is 6.20 Å². The van der Waals surface area contributed by atoms with Gasteiger partial charge >= 0.3 is 0 Å². The average Bonchev–Trinajstić information content (AvgIpc) is 3.14. The van der Waals surface area contributed by atoms with Gasteiger partial charge in [-0.15, -0.1) is 0 Å². The molecule has 1 aromatic carbocycles. The number of amides is 2. The lowest BCUT2D eigenvalue weighted by Crippen LogP contribution is -2.45. The summed E-state index contributed by atoms with van der Waals surface area (Å²) in [5, 5.41) is 2.99. The predicted octanol–water partition coefficient (Wildman–Crippen LogP) is 2.53. The Morgan fingerprint density at radius 2 is 2.25 bits per heavy atom. The number of hydrogen-bond donors (Lipinski definition) is 1. The van der Waals surface area contributed by atoms with Gasteiger partial charge in [-0.2, -0.15) is 0 Å². The second-order valence-electron chi connectivity index (χ2n) is 7.17. The van der Waals surface area contributed by atoms with Crippen molar-refractivity contribution < 1.29 is 14.0 Å². The number of carbonyl (C=O) groups is 2. The van der Waals surface area contributed by atoms with Crippen LogP contribution in [-0.2, 0) is 29.1 Å². The van der Waals surface area contributed by atoms with Gasteiger partial charge in [0.15, 0.2) is 0 Å². The van der Waals surface area contributed by atoms with E-state index in [2.05, 4.69) is 21.8 Å². The van der Waals surface area contributed by atoms with Crippen LogP contribution in [0.15, 0.2) is 36.7 Å². The highest BCUT2D eigenvalue weighted by Gasteiger charge is 2.30. The zero-order chi connectivity index (χ0) is 19.9.